The van der Waals surface area contributed by atoms with Gasteiger partial charge in [-0.1, -0.05) is 58.0 Å². The lowest BCUT2D eigenvalue weighted by molar-refractivity contribution is -0.199. The van der Waals surface area contributed by atoms with Crippen LogP contribution in [-0.2, 0) is 25.3 Å². The summed E-state index contributed by atoms with van der Waals surface area (Å²) < 4.78 is 18.7. The predicted octanol–water partition coefficient (Wildman–Crippen LogP) is 4.92. The summed E-state index contributed by atoms with van der Waals surface area (Å²) in [4.78, 5) is 26.3. The lowest BCUT2D eigenvalue weighted by Gasteiger charge is -2.64. The lowest BCUT2D eigenvalue weighted by Crippen LogP contribution is -2.65. The number of carbonyl (C=O) groups excluding carboxylic acids is 2. The Kier molecular flexibility index (Phi) is 7.75. The highest BCUT2D eigenvalue weighted by atomic mass is 16.7. The lowest BCUT2D eigenvalue weighted by atomic mass is 9.43. The number of rotatable bonds is 8. The summed E-state index contributed by atoms with van der Waals surface area (Å²) >= 11 is 0. The molecular weight excluding hydrogens is 467 g/mol. The number of ether oxygens (including phenoxy) is 1. The van der Waals surface area contributed by atoms with E-state index in [1.165, 1.54) is 6.42 Å². The van der Waals surface area contributed by atoms with E-state index >= 15 is 0 Å². The van der Waals surface area contributed by atoms with Gasteiger partial charge in [0, 0.05) is 6.42 Å². The molecule has 6 unspecified atom stereocenters. The zero-order valence-electron chi connectivity index (χ0n) is 23.8. The van der Waals surface area contributed by atoms with E-state index in [0.717, 1.165) is 12.0 Å². The van der Waals surface area contributed by atoms with E-state index in [4.69, 9.17) is 14.0 Å². The van der Waals surface area contributed by atoms with Gasteiger partial charge in [-0.3, -0.25) is 4.79 Å². The van der Waals surface area contributed by atoms with Crippen molar-refractivity contribution in [1.29, 1.82) is 0 Å². The van der Waals surface area contributed by atoms with E-state index in [-0.39, 0.29) is 29.0 Å². The number of alkyl carbamates (subject to hydrolysis) is 1. The molecule has 3 aliphatic carbocycles. The highest BCUT2D eigenvalue weighted by Crippen LogP contribution is 2.65. The Morgan fingerprint density at radius 1 is 1.11 bits per heavy atom. The number of hydrogen-bond donors (Lipinski definition) is 2. The highest BCUT2D eigenvalue weighted by Gasteiger charge is 2.68. The van der Waals surface area contributed by atoms with Crippen LogP contribution in [0.4, 0.5) is 4.79 Å². The Balaban J connectivity index is 1.50. The molecule has 2 N–H and O–H groups in total. The van der Waals surface area contributed by atoms with Crippen LogP contribution in [0.3, 0.4) is 0 Å². The van der Waals surface area contributed by atoms with Crippen molar-refractivity contribution in [1.82, 2.24) is 10.6 Å². The fourth-order valence-corrected chi connectivity index (χ4v) is 6.61. The first-order valence-electron chi connectivity index (χ1n) is 13.9. The third-order valence-corrected chi connectivity index (χ3v) is 8.64. The van der Waals surface area contributed by atoms with Gasteiger partial charge in [0.25, 0.3) is 0 Å². The molecule has 1 heterocycles. The molecule has 8 heteroatoms. The zero-order valence-corrected chi connectivity index (χ0v) is 23.8. The van der Waals surface area contributed by atoms with Crippen LogP contribution in [0.2, 0.25) is 0 Å². The first-order chi connectivity index (χ1) is 17.2. The normalized spacial score (nSPS) is 29.6. The van der Waals surface area contributed by atoms with Crippen LogP contribution in [0.25, 0.3) is 0 Å². The van der Waals surface area contributed by atoms with Gasteiger partial charge < -0.3 is 24.7 Å². The highest BCUT2D eigenvalue weighted by molar-refractivity contribution is 6.47. The van der Waals surface area contributed by atoms with Crippen LogP contribution in [-0.4, -0.2) is 48.4 Å². The maximum atomic E-state index is 13.7. The Hall–Kier alpha value is -2.06. The van der Waals surface area contributed by atoms with Gasteiger partial charge in [0.05, 0.1) is 17.6 Å². The Morgan fingerprint density at radius 3 is 2.38 bits per heavy atom. The molecule has 2 bridgehead atoms. The van der Waals surface area contributed by atoms with Crippen molar-refractivity contribution < 1.29 is 23.6 Å². The molecule has 204 valence electrons. The largest absolute Gasteiger partial charge is 0.481 e. The van der Waals surface area contributed by atoms with Gasteiger partial charge in [0.15, 0.2) is 0 Å². The maximum Gasteiger partial charge on any atom is 0.481 e. The van der Waals surface area contributed by atoms with Crippen LogP contribution in [0, 0.1) is 23.2 Å². The fraction of sp³-hybridized carbons (Fsp3) is 0.724. The number of hydrogen-bond acceptors (Lipinski definition) is 5. The molecule has 0 aromatic heterocycles. The minimum atomic E-state index is -0.794. The van der Waals surface area contributed by atoms with Crippen molar-refractivity contribution in [2.45, 2.75) is 110 Å². The first-order valence-corrected chi connectivity index (χ1v) is 13.9. The van der Waals surface area contributed by atoms with E-state index in [1.54, 1.807) is 20.8 Å². The van der Waals surface area contributed by atoms with Crippen molar-refractivity contribution in [3.63, 3.8) is 0 Å². The molecule has 1 aromatic carbocycles. The second-order valence-electron chi connectivity index (χ2n) is 13.5. The smallest absolute Gasteiger partial charge is 0.444 e. The van der Waals surface area contributed by atoms with Gasteiger partial charge in [0.2, 0.25) is 5.91 Å². The topological polar surface area (TPSA) is 85.9 Å². The van der Waals surface area contributed by atoms with Crippen molar-refractivity contribution in [3.8, 4) is 0 Å². The molecule has 3 saturated carbocycles. The van der Waals surface area contributed by atoms with Crippen molar-refractivity contribution >= 4 is 19.1 Å². The molecule has 4 aliphatic rings. The van der Waals surface area contributed by atoms with Crippen LogP contribution in [0.15, 0.2) is 30.3 Å². The molecule has 0 spiro atoms. The van der Waals surface area contributed by atoms with Crippen LogP contribution in [0.5, 0.6) is 0 Å². The first kappa shape index (κ1) is 28.0. The van der Waals surface area contributed by atoms with Gasteiger partial charge in [0.1, 0.15) is 11.6 Å². The fourth-order valence-electron chi connectivity index (χ4n) is 6.61. The molecular formula is C29H45BN2O5. The van der Waals surface area contributed by atoms with Crippen molar-refractivity contribution in [2.24, 2.45) is 23.2 Å². The van der Waals surface area contributed by atoms with Crippen molar-refractivity contribution in [3.05, 3.63) is 35.9 Å². The second-order valence-corrected chi connectivity index (χ2v) is 13.5. The molecule has 5 rings (SSSR count). The summed E-state index contributed by atoms with van der Waals surface area (Å²) in [6.07, 6.45) is 2.66. The summed E-state index contributed by atoms with van der Waals surface area (Å²) in [5, 5.41) is 5.99. The van der Waals surface area contributed by atoms with Gasteiger partial charge in [-0.15, -0.1) is 0 Å². The SMILES string of the molecule is CC(C)CC(NC(=O)C(Cc1ccccc1)NC(=O)OC(C)(C)C)B1OC2CC3CC(C3(C)C)C2(C)O1. The van der Waals surface area contributed by atoms with Gasteiger partial charge in [-0.2, -0.15) is 0 Å². The number of benzene rings is 1. The number of nitrogens with one attached hydrogen (secondary N) is 2. The average molecular weight is 513 g/mol. The molecule has 1 aliphatic heterocycles. The molecule has 6 atom stereocenters. The molecule has 0 radical (unpaired) electrons. The third-order valence-electron chi connectivity index (χ3n) is 8.64. The van der Waals surface area contributed by atoms with E-state index in [2.05, 4.69) is 45.3 Å². The summed E-state index contributed by atoms with van der Waals surface area (Å²) in [6.45, 7) is 16.5. The quantitative estimate of drug-likeness (QED) is 0.483. The van der Waals surface area contributed by atoms with Crippen LogP contribution in [0.1, 0.15) is 80.2 Å². The predicted molar refractivity (Wildman–Crippen MR) is 145 cm³/mol. The summed E-state index contributed by atoms with van der Waals surface area (Å²) in [6, 6.07) is 8.89. The van der Waals surface area contributed by atoms with E-state index in [9.17, 15) is 9.59 Å². The van der Waals surface area contributed by atoms with Gasteiger partial charge in [-0.25, -0.2) is 4.79 Å². The molecule has 7 nitrogen and oxygen atoms in total. The zero-order chi connectivity index (χ0) is 27.2. The Labute approximate surface area is 222 Å². The van der Waals surface area contributed by atoms with Gasteiger partial charge in [-0.05, 0) is 75.7 Å². The molecule has 1 saturated heterocycles. The van der Waals surface area contributed by atoms with Crippen molar-refractivity contribution in [2.75, 3.05) is 0 Å². The molecule has 4 fully saturated rings. The minimum absolute atomic E-state index is 0.0424. The van der Waals surface area contributed by atoms with Crippen LogP contribution >= 0.6 is 0 Å². The maximum absolute atomic E-state index is 13.7. The average Bonchev–Trinajstić information content (AvgIpc) is 3.14. The number of carbonyl (C=O) groups is 2. The van der Waals surface area contributed by atoms with Crippen LogP contribution < -0.4 is 10.6 Å². The summed E-state index contributed by atoms with van der Waals surface area (Å²) in [5.41, 5.74) is 0.191. The summed E-state index contributed by atoms with van der Waals surface area (Å²) in [5.74, 6) is 0.837. The third kappa shape index (κ3) is 6.01. The number of amides is 2. The molecule has 37 heavy (non-hydrogen) atoms. The Morgan fingerprint density at radius 2 is 1.78 bits per heavy atom. The Bertz CT molecular complexity index is 978. The van der Waals surface area contributed by atoms with E-state index in [1.807, 2.05) is 30.3 Å². The van der Waals surface area contributed by atoms with Gasteiger partial charge >= 0.3 is 13.2 Å². The standard InChI is InChI=1S/C29H45BN2O5/c1-18(2)14-24(30-36-23-17-20-16-22(28(20,6)7)29(23,8)37-30)32-25(33)21(15-19-12-10-9-11-13-19)31-26(34)35-27(3,4)5/h9-13,18,20-24H,14-17H2,1-8H3,(H,31,34)(H,32,33). The second kappa shape index (κ2) is 10.3. The summed E-state index contributed by atoms with van der Waals surface area (Å²) in [7, 11) is -0.518. The molecule has 1 aromatic rings. The monoisotopic (exact) mass is 512 g/mol. The minimum Gasteiger partial charge on any atom is -0.444 e. The van der Waals surface area contributed by atoms with E-state index < -0.39 is 24.9 Å². The molecule has 2 amide bonds. The van der Waals surface area contributed by atoms with E-state index in [0.29, 0.717) is 30.6 Å².